The van der Waals surface area contributed by atoms with Crippen LogP contribution in [-0.2, 0) is 27.2 Å². The van der Waals surface area contributed by atoms with Crippen molar-refractivity contribution in [3.8, 4) is 5.75 Å². The van der Waals surface area contributed by atoms with Gasteiger partial charge in [-0.2, -0.15) is 0 Å². The number of hydrogen-bond acceptors (Lipinski definition) is 4. The number of nitrogens with two attached hydrogens (primary N) is 1. The van der Waals surface area contributed by atoms with E-state index in [-0.39, 0.29) is 24.7 Å². The Hall–Kier alpha value is -3.42. The lowest BCUT2D eigenvalue weighted by atomic mass is 9.84. The molecule has 8 heteroatoms. The van der Waals surface area contributed by atoms with Gasteiger partial charge >= 0.3 is 0 Å². The molecule has 1 aliphatic rings. The first-order valence-corrected chi connectivity index (χ1v) is 10.6. The van der Waals surface area contributed by atoms with E-state index in [2.05, 4.69) is 10.6 Å². The normalized spacial score (nSPS) is 18.6. The van der Waals surface area contributed by atoms with Gasteiger partial charge in [-0.3, -0.25) is 14.4 Å². The molecule has 2 aromatic carbocycles. The number of benzene rings is 2. The lowest BCUT2D eigenvalue weighted by molar-refractivity contribution is -0.127. The summed E-state index contributed by atoms with van der Waals surface area (Å²) in [5, 5.41) is 5.63. The van der Waals surface area contributed by atoms with Crippen molar-refractivity contribution in [1.29, 1.82) is 0 Å². The second-order valence-electron chi connectivity index (χ2n) is 8.17. The predicted molar refractivity (Wildman–Crippen MR) is 117 cm³/mol. The molecule has 1 unspecified atom stereocenters. The third-order valence-corrected chi connectivity index (χ3v) is 5.82. The molecule has 3 rings (SSSR count). The van der Waals surface area contributed by atoms with E-state index in [9.17, 15) is 18.8 Å². The van der Waals surface area contributed by atoms with Gasteiger partial charge in [-0.1, -0.05) is 36.4 Å². The van der Waals surface area contributed by atoms with Crippen molar-refractivity contribution in [3.63, 3.8) is 0 Å². The summed E-state index contributed by atoms with van der Waals surface area (Å²) in [6, 6.07) is 13.0. The number of methoxy groups -OCH3 is 1. The maximum atomic E-state index is 14.5. The number of primary amides is 1. The Morgan fingerprint density at radius 3 is 2.59 bits per heavy atom. The Balaban J connectivity index is 1.65. The fourth-order valence-electron chi connectivity index (χ4n) is 4.04. The summed E-state index contributed by atoms with van der Waals surface area (Å²) in [5.41, 5.74) is 6.06. The van der Waals surface area contributed by atoms with Crippen molar-refractivity contribution in [2.75, 3.05) is 7.11 Å². The molecule has 0 aromatic heterocycles. The third kappa shape index (κ3) is 6.06. The number of carbonyl (C=O) groups excluding carboxylic acids is 3. The van der Waals surface area contributed by atoms with Crippen LogP contribution < -0.4 is 21.1 Å². The molecule has 2 atom stereocenters. The molecule has 1 heterocycles. The van der Waals surface area contributed by atoms with E-state index < -0.39 is 23.3 Å². The topological polar surface area (TPSA) is 111 Å². The molecular weight excluding hydrogens is 413 g/mol. The quantitative estimate of drug-likeness (QED) is 0.524. The molecular formula is C24H28FN3O4. The minimum Gasteiger partial charge on any atom is -0.497 e. The van der Waals surface area contributed by atoms with Gasteiger partial charge in [0, 0.05) is 30.9 Å². The fraction of sp³-hybridized carbons (Fsp3) is 0.375. The van der Waals surface area contributed by atoms with Crippen LogP contribution in [0.3, 0.4) is 0 Å². The molecule has 4 N–H and O–H groups in total. The van der Waals surface area contributed by atoms with Crippen LogP contribution in [-0.4, -0.2) is 36.4 Å². The van der Waals surface area contributed by atoms with Crippen LogP contribution in [0, 0.1) is 5.82 Å². The van der Waals surface area contributed by atoms with E-state index in [4.69, 9.17) is 10.5 Å². The summed E-state index contributed by atoms with van der Waals surface area (Å²) in [4.78, 5) is 36.4. The molecule has 0 radical (unpaired) electrons. The van der Waals surface area contributed by atoms with Gasteiger partial charge < -0.3 is 21.1 Å². The van der Waals surface area contributed by atoms with Crippen LogP contribution >= 0.6 is 0 Å². The van der Waals surface area contributed by atoms with E-state index in [0.717, 1.165) is 5.56 Å². The number of ether oxygens (including phenoxy) is 1. The summed E-state index contributed by atoms with van der Waals surface area (Å²) >= 11 is 0. The largest absolute Gasteiger partial charge is 0.497 e. The average molecular weight is 442 g/mol. The van der Waals surface area contributed by atoms with Gasteiger partial charge in [0.05, 0.1) is 7.11 Å². The molecule has 7 nitrogen and oxygen atoms in total. The molecule has 1 saturated heterocycles. The molecule has 0 saturated carbocycles. The highest BCUT2D eigenvalue weighted by atomic mass is 19.1. The van der Waals surface area contributed by atoms with Crippen LogP contribution in [0.5, 0.6) is 5.75 Å². The number of rotatable bonds is 10. The fourth-order valence-corrected chi connectivity index (χ4v) is 4.04. The molecule has 1 aliphatic heterocycles. The summed E-state index contributed by atoms with van der Waals surface area (Å²) in [6.45, 7) is 0. The minimum atomic E-state index is -0.835. The van der Waals surface area contributed by atoms with E-state index in [0.29, 0.717) is 37.0 Å². The Kier molecular flexibility index (Phi) is 7.45. The first-order valence-electron chi connectivity index (χ1n) is 10.6. The van der Waals surface area contributed by atoms with E-state index >= 15 is 0 Å². The zero-order chi connectivity index (χ0) is 23.1. The van der Waals surface area contributed by atoms with Crippen molar-refractivity contribution in [3.05, 3.63) is 65.5 Å². The summed E-state index contributed by atoms with van der Waals surface area (Å²) < 4.78 is 19.5. The maximum Gasteiger partial charge on any atom is 0.240 e. The minimum absolute atomic E-state index is 0.0661. The Morgan fingerprint density at radius 1 is 1.25 bits per heavy atom. The first kappa shape index (κ1) is 23.2. The lowest BCUT2D eigenvalue weighted by Crippen LogP contribution is -2.48. The molecule has 0 spiro atoms. The van der Waals surface area contributed by atoms with Crippen molar-refractivity contribution < 1.29 is 23.5 Å². The van der Waals surface area contributed by atoms with Gasteiger partial charge in [0.1, 0.15) is 17.6 Å². The molecule has 1 fully saturated rings. The van der Waals surface area contributed by atoms with Gasteiger partial charge in [0.2, 0.25) is 17.7 Å². The van der Waals surface area contributed by atoms with Gasteiger partial charge in [-0.15, -0.1) is 0 Å². The Labute approximate surface area is 186 Å². The molecule has 0 aliphatic carbocycles. The van der Waals surface area contributed by atoms with Crippen molar-refractivity contribution >= 4 is 17.7 Å². The zero-order valence-electron chi connectivity index (χ0n) is 18.0. The molecule has 32 heavy (non-hydrogen) atoms. The predicted octanol–water partition coefficient (Wildman–Crippen LogP) is 2.02. The lowest BCUT2D eigenvalue weighted by Gasteiger charge is -2.30. The Bertz CT molecular complexity index is 982. The summed E-state index contributed by atoms with van der Waals surface area (Å²) in [7, 11) is 1.46. The van der Waals surface area contributed by atoms with Gasteiger partial charge in [-0.25, -0.2) is 4.39 Å². The van der Waals surface area contributed by atoms with Crippen molar-refractivity contribution in [1.82, 2.24) is 10.6 Å². The van der Waals surface area contributed by atoms with Crippen LogP contribution in [0.2, 0.25) is 0 Å². The second kappa shape index (κ2) is 10.3. The number of nitrogens with one attached hydrogen (secondary N) is 2. The maximum absolute atomic E-state index is 14.5. The van der Waals surface area contributed by atoms with Crippen molar-refractivity contribution in [2.24, 2.45) is 5.73 Å². The van der Waals surface area contributed by atoms with Gasteiger partial charge in [0.25, 0.3) is 0 Å². The highest BCUT2D eigenvalue weighted by molar-refractivity contribution is 5.87. The monoisotopic (exact) mass is 441 g/mol. The number of halogens is 1. The number of amides is 3. The smallest absolute Gasteiger partial charge is 0.240 e. The summed E-state index contributed by atoms with van der Waals surface area (Å²) in [5.74, 6) is -1.11. The molecule has 2 aromatic rings. The van der Waals surface area contributed by atoms with Crippen LogP contribution in [0.1, 0.15) is 36.8 Å². The standard InChI is InChI=1S/C24H28FN3O4/c1-32-18-8-7-17(19(25)14-18)15-24(12-10-22(30)28-24)11-9-21(29)27-20(23(26)31)13-16-5-3-2-4-6-16/h2-8,14,20H,9-13,15H2,1H3,(H2,26,31)(H,27,29)(H,28,30)/t20-,24?/m0/s1. The zero-order valence-corrected chi connectivity index (χ0v) is 18.0. The van der Waals surface area contributed by atoms with E-state index in [1.807, 2.05) is 30.3 Å². The second-order valence-corrected chi connectivity index (χ2v) is 8.17. The highest BCUT2D eigenvalue weighted by Gasteiger charge is 2.38. The molecule has 170 valence electrons. The van der Waals surface area contributed by atoms with Gasteiger partial charge in [0.15, 0.2) is 0 Å². The highest BCUT2D eigenvalue weighted by Crippen LogP contribution is 2.31. The summed E-state index contributed by atoms with van der Waals surface area (Å²) in [6.07, 6.45) is 1.74. The number of carbonyl (C=O) groups is 3. The first-order chi connectivity index (χ1) is 15.3. The van der Waals surface area contributed by atoms with Gasteiger partial charge in [-0.05, 0) is 36.5 Å². The van der Waals surface area contributed by atoms with Crippen molar-refractivity contribution in [2.45, 2.75) is 50.1 Å². The van der Waals surface area contributed by atoms with Crippen LogP contribution in [0.15, 0.2) is 48.5 Å². The third-order valence-electron chi connectivity index (χ3n) is 5.82. The van der Waals surface area contributed by atoms with E-state index in [1.54, 1.807) is 12.1 Å². The Morgan fingerprint density at radius 2 is 2.00 bits per heavy atom. The molecule has 3 amide bonds. The average Bonchev–Trinajstić information content (AvgIpc) is 3.14. The SMILES string of the molecule is COc1ccc(CC2(CCC(=O)N[C@@H](Cc3ccccc3)C(N)=O)CCC(=O)N2)c(F)c1. The van der Waals surface area contributed by atoms with Crippen LogP contribution in [0.25, 0.3) is 0 Å². The molecule has 0 bridgehead atoms. The van der Waals surface area contributed by atoms with Crippen LogP contribution in [0.4, 0.5) is 4.39 Å². The number of hydrogen-bond donors (Lipinski definition) is 3. The van der Waals surface area contributed by atoms with E-state index in [1.165, 1.54) is 13.2 Å².